The number of rotatable bonds is 4. The molecule has 0 bridgehead atoms. The summed E-state index contributed by atoms with van der Waals surface area (Å²) in [6.45, 7) is 21.3. The highest BCUT2D eigenvalue weighted by Crippen LogP contribution is 2.54. The lowest BCUT2D eigenvalue weighted by atomic mass is 9.66. The molecule has 7 heteroatoms. The Morgan fingerprint density at radius 3 is 1.93 bits per heavy atom. The second-order valence-electron chi connectivity index (χ2n) is 11.8. The van der Waals surface area contributed by atoms with Crippen molar-refractivity contribution in [1.29, 1.82) is 0 Å². The molecular weight excluding hydrogens is 381 g/mol. The third-order valence-electron chi connectivity index (χ3n) is 7.37. The van der Waals surface area contributed by atoms with Crippen molar-refractivity contribution >= 4 is 20.9 Å². The molecule has 1 saturated heterocycles. The van der Waals surface area contributed by atoms with Crippen LogP contribution in [0.2, 0.25) is 18.1 Å². The minimum atomic E-state index is -2.03. The first-order valence-corrected chi connectivity index (χ1v) is 13.6. The molecule has 0 atom stereocenters. The molecule has 1 N–H and O–H groups in total. The van der Waals surface area contributed by atoms with E-state index < -0.39 is 26.6 Å². The Balaban J connectivity index is 1.86. The van der Waals surface area contributed by atoms with Crippen LogP contribution in [0.4, 0.5) is 0 Å². The van der Waals surface area contributed by atoms with Gasteiger partial charge in [-0.2, -0.15) is 0 Å². The molecular formula is C22H38BNO4Si. The predicted molar refractivity (Wildman–Crippen MR) is 120 cm³/mol. The van der Waals surface area contributed by atoms with Crippen LogP contribution in [0.15, 0.2) is 18.3 Å². The Kier molecular flexibility index (Phi) is 5.25. The SMILES string of the molecule is CC1(O)CC(O[Si](C)(C)C(C)(C)C)(c2ccc(B3OC(C)(C)C(C)(C)O3)cn2)C1. The van der Waals surface area contributed by atoms with Gasteiger partial charge in [0.1, 0.15) is 5.60 Å². The van der Waals surface area contributed by atoms with Gasteiger partial charge in [0.05, 0.1) is 22.5 Å². The topological polar surface area (TPSA) is 60.8 Å². The second kappa shape index (κ2) is 6.63. The monoisotopic (exact) mass is 419 g/mol. The Morgan fingerprint density at radius 2 is 1.55 bits per heavy atom. The maximum atomic E-state index is 10.5. The molecule has 1 aromatic heterocycles. The van der Waals surface area contributed by atoms with E-state index in [1.165, 1.54) is 0 Å². The number of hydrogen-bond acceptors (Lipinski definition) is 5. The summed E-state index contributed by atoms with van der Waals surface area (Å²) >= 11 is 0. The van der Waals surface area contributed by atoms with E-state index in [0.29, 0.717) is 12.8 Å². The molecule has 0 radical (unpaired) electrons. The number of hydrogen-bond donors (Lipinski definition) is 1. The van der Waals surface area contributed by atoms with E-state index in [0.717, 1.165) is 11.2 Å². The van der Waals surface area contributed by atoms with Crippen LogP contribution in [-0.4, -0.2) is 42.3 Å². The van der Waals surface area contributed by atoms with E-state index in [4.69, 9.17) is 18.7 Å². The average Bonchev–Trinajstić information content (AvgIpc) is 2.72. The van der Waals surface area contributed by atoms with Crippen molar-refractivity contribution in [2.75, 3.05) is 0 Å². The number of aromatic nitrogens is 1. The van der Waals surface area contributed by atoms with Gasteiger partial charge in [-0.05, 0) is 58.8 Å². The molecule has 2 aliphatic rings. The Hall–Kier alpha value is -0.728. The van der Waals surface area contributed by atoms with Gasteiger partial charge >= 0.3 is 7.12 Å². The van der Waals surface area contributed by atoms with Gasteiger partial charge in [-0.25, -0.2) is 0 Å². The fourth-order valence-electron chi connectivity index (χ4n) is 3.92. The molecule has 2 fully saturated rings. The van der Waals surface area contributed by atoms with Gasteiger partial charge in [-0.1, -0.05) is 26.8 Å². The standard InChI is InChI=1S/C22H38BNO4Si/c1-18(2,3)29(9,10)28-22(14-21(8,25)15-22)17-12-11-16(13-24-17)23-26-19(4,5)20(6,7)27-23/h11-13,25H,14-15H2,1-10H3. The van der Waals surface area contributed by atoms with Crippen LogP contribution >= 0.6 is 0 Å². The zero-order chi connectivity index (χ0) is 22.1. The third-order valence-corrected chi connectivity index (χ3v) is 11.9. The fraction of sp³-hybridized carbons (Fsp3) is 0.773. The zero-order valence-electron chi connectivity index (χ0n) is 19.8. The molecule has 1 aliphatic heterocycles. The summed E-state index contributed by atoms with van der Waals surface area (Å²) in [5, 5.41) is 10.6. The van der Waals surface area contributed by atoms with Crippen LogP contribution in [0.25, 0.3) is 0 Å². The van der Waals surface area contributed by atoms with Crippen molar-refractivity contribution < 1.29 is 18.8 Å². The number of nitrogens with zero attached hydrogens (tertiary/aromatic N) is 1. The maximum Gasteiger partial charge on any atom is 0.496 e. The summed E-state index contributed by atoms with van der Waals surface area (Å²) in [6, 6.07) is 4.04. The lowest BCUT2D eigenvalue weighted by molar-refractivity contribution is -0.169. The molecule has 5 nitrogen and oxygen atoms in total. The number of pyridine rings is 1. The van der Waals surface area contributed by atoms with E-state index >= 15 is 0 Å². The van der Waals surface area contributed by atoms with Crippen molar-refractivity contribution in [2.45, 2.75) is 109 Å². The highest BCUT2D eigenvalue weighted by Gasteiger charge is 2.58. The lowest BCUT2D eigenvalue weighted by Crippen LogP contribution is -2.60. The predicted octanol–water partition coefficient (Wildman–Crippen LogP) is 4.14. The maximum absolute atomic E-state index is 10.5. The van der Waals surface area contributed by atoms with Crippen molar-refractivity contribution in [3.63, 3.8) is 0 Å². The molecule has 0 aromatic carbocycles. The first-order chi connectivity index (χ1) is 12.9. The average molecular weight is 419 g/mol. The highest BCUT2D eigenvalue weighted by atomic mass is 28.4. The molecule has 0 amide bonds. The smallest absolute Gasteiger partial charge is 0.406 e. The summed E-state index contributed by atoms with van der Waals surface area (Å²) in [7, 11) is -2.46. The van der Waals surface area contributed by atoms with Crippen LogP contribution in [-0.2, 0) is 19.3 Å². The fourth-order valence-corrected chi connectivity index (χ4v) is 5.45. The highest BCUT2D eigenvalue weighted by molar-refractivity contribution is 6.74. The molecule has 1 aliphatic carbocycles. The van der Waals surface area contributed by atoms with Gasteiger partial charge in [-0.15, -0.1) is 0 Å². The van der Waals surface area contributed by atoms with E-state index in [9.17, 15) is 5.11 Å². The van der Waals surface area contributed by atoms with Crippen molar-refractivity contribution in [1.82, 2.24) is 4.98 Å². The lowest BCUT2D eigenvalue weighted by Gasteiger charge is -2.55. The van der Waals surface area contributed by atoms with Crippen LogP contribution in [0.5, 0.6) is 0 Å². The number of aliphatic hydroxyl groups is 1. The summed E-state index contributed by atoms with van der Waals surface area (Å²) in [5.41, 5.74) is -0.212. The van der Waals surface area contributed by atoms with Crippen LogP contribution < -0.4 is 5.46 Å². The molecule has 2 heterocycles. The van der Waals surface area contributed by atoms with Crippen LogP contribution in [0, 0.1) is 0 Å². The quantitative estimate of drug-likeness (QED) is 0.744. The van der Waals surface area contributed by atoms with Gasteiger partial charge in [0, 0.05) is 24.5 Å². The van der Waals surface area contributed by atoms with E-state index in [-0.39, 0.29) is 16.2 Å². The van der Waals surface area contributed by atoms with E-state index in [1.54, 1.807) is 0 Å². The summed E-state index contributed by atoms with van der Waals surface area (Å²) < 4.78 is 19.1. The minimum Gasteiger partial charge on any atom is -0.406 e. The Morgan fingerprint density at radius 1 is 1.03 bits per heavy atom. The first-order valence-electron chi connectivity index (χ1n) is 10.6. The van der Waals surface area contributed by atoms with E-state index in [2.05, 4.69) is 33.9 Å². The normalized spacial score (nSPS) is 31.6. The van der Waals surface area contributed by atoms with Crippen LogP contribution in [0.3, 0.4) is 0 Å². The molecule has 0 unspecified atom stereocenters. The zero-order valence-corrected chi connectivity index (χ0v) is 20.8. The van der Waals surface area contributed by atoms with Gasteiger partial charge in [0.25, 0.3) is 0 Å². The Labute approximate surface area is 177 Å². The molecule has 1 aromatic rings. The van der Waals surface area contributed by atoms with Crippen molar-refractivity contribution in [3.8, 4) is 0 Å². The Bertz CT molecular complexity index is 744. The molecule has 3 rings (SSSR count). The third kappa shape index (κ3) is 4.09. The summed E-state index contributed by atoms with van der Waals surface area (Å²) in [5.74, 6) is 0. The molecule has 1 saturated carbocycles. The largest absolute Gasteiger partial charge is 0.496 e. The molecule has 162 valence electrons. The first kappa shape index (κ1) is 22.9. The van der Waals surface area contributed by atoms with Gasteiger partial charge in [0.2, 0.25) is 0 Å². The molecule has 29 heavy (non-hydrogen) atoms. The second-order valence-corrected chi connectivity index (χ2v) is 16.5. The molecule has 0 spiro atoms. The van der Waals surface area contributed by atoms with Crippen molar-refractivity contribution in [3.05, 3.63) is 24.0 Å². The minimum absolute atomic E-state index is 0.0874. The van der Waals surface area contributed by atoms with Crippen LogP contribution in [0.1, 0.15) is 73.9 Å². The van der Waals surface area contributed by atoms with Gasteiger partial charge < -0.3 is 18.8 Å². The summed E-state index contributed by atoms with van der Waals surface area (Å²) in [6.07, 6.45) is 2.96. The van der Waals surface area contributed by atoms with Gasteiger partial charge in [0.15, 0.2) is 8.32 Å². The summed E-state index contributed by atoms with van der Waals surface area (Å²) in [4.78, 5) is 4.77. The van der Waals surface area contributed by atoms with Gasteiger partial charge in [-0.3, -0.25) is 4.98 Å². The van der Waals surface area contributed by atoms with E-state index in [1.807, 2.05) is 52.9 Å². The van der Waals surface area contributed by atoms with Crippen molar-refractivity contribution in [2.24, 2.45) is 0 Å².